The average Bonchev–Trinajstić information content (AvgIpc) is 2.48. The highest BCUT2D eigenvalue weighted by Gasteiger charge is 2.50. The van der Waals surface area contributed by atoms with Crippen LogP contribution >= 0.6 is 21.6 Å². The van der Waals surface area contributed by atoms with E-state index in [1.54, 1.807) is 0 Å². The molecule has 10 heteroatoms. The summed E-state index contributed by atoms with van der Waals surface area (Å²) >= 11 is 0. The van der Waals surface area contributed by atoms with Crippen molar-refractivity contribution < 1.29 is 35.1 Å². The Morgan fingerprint density at radius 2 is 0.885 bits per heavy atom. The van der Waals surface area contributed by atoms with Crippen molar-refractivity contribution in [3.05, 3.63) is 0 Å². The lowest BCUT2D eigenvalue weighted by atomic mass is 9.85. The number of rotatable bonds is 5. The zero-order valence-electron chi connectivity index (χ0n) is 14.1. The van der Waals surface area contributed by atoms with Crippen molar-refractivity contribution in [3.63, 3.8) is 0 Å². The summed E-state index contributed by atoms with van der Waals surface area (Å²) < 4.78 is 102. The van der Waals surface area contributed by atoms with Gasteiger partial charge in [-0.1, -0.05) is 21.6 Å². The Bertz CT molecular complexity index is 404. The summed E-state index contributed by atoms with van der Waals surface area (Å²) in [5, 5.41) is 0. The van der Waals surface area contributed by atoms with Gasteiger partial charge in [0.1, 0.15) is 12.3 Å². The fourth-order valence-corrected chi connectivity index (χ4v) is 7.72. The maximum atomic E-state index is 13.4. The van der Waals surface area contributed by atoms with E-state index in [2.05, 4.69) is 0 Å². The van der Waals surface area contributed by atoms with Crippen LogP contribution in [0.1, 0.15) is 64.2 Å². The van der Waals surface area contributed by atoms with E-state index in [0.717, 1.165) is 21.6 Å². The van der Waals surface area contributed by atoms with Crippen LogP contribution < -0.4 is 0 Å². The fourth-order valence-electron chi connectivity index (χ4n) is 3.70. The van der Waals surface area contributed by atoms with Crippen LogP contribution in [0, 0.1) is 0 Å². The van der Waals surface area contributed by atoms with Crippen molar-refractivity contribution in [2.24, 2.45) is 0 Å². The van der Waals surface area contributed by atoms with E-state index >= 15 is 0 Å². The van der Waals surface area contributed by atoms with Crippen molar-refractivity contribution in [2.75, 3.05) is 0 Å². The summed E-state index contributed by atoms with van der Waals surface area (Å²) in [7, 11) is 1.66. The third-order valence-electron chi connectivity index (χ3n) is 5.09. The van der Waals surface area contributed by atoms with Gasteiger partial charge in [0.15, 0.2) is 0 Å². The standard InChI is InChI=1S/C16H22F8S2/c17-11-1-5-13(6-2-11,9-15(19,20)21)25-26-14(10-16(22,23)24)7-3-12(18)4-8-14/h11-12H,1-10H2. The molecule has 0 aromatic carbocycles. The maximum absolute atomic E-state index is 13.4. The molecule has 0 N–H and O–H groups in total. The molecule has 0 heterocycles. The Morgan fingerprint density at radius 3 is 1.12 bits per heavy atom. The third-order valence-corrected chi connectivity index (χ3v) is 9.36. The summed E-state index contributed by atoms with van der Waals surface area (Å²) in [5.74, 6) is 0. The fraction of sp³-hybridized carbons (Fsp3) is 1.00. The van der Waals surface area contributed by atoms with Crippen LogP contribution in [0.25, 0.3) is 0 Å². The van der Waals surface area contributed by atoms with E-state index in [-0.39, 0.29) is 51.4 Å². The number of hydrogen-bond donors (Lipinski definition) is 0. The zero-order valence-corrected chi connectivity index (χ0v) is 15.7. The minimum absolute atomic E-state index is 0.0114. The quantitative estimate of drug-likeness (QED) is 0.326. The Kier molecular flexibility index (Phi) is 7.12. The molecule has 0 aromatic rings. The Morgan fingerprint density at radius 1 is 0.615 bits per heavy atom. The van der Waals surface area contributed by atoms with Crippen molar-refractivity contribution >= 4 is 21.6 Å². The predicted octanol–water partition coefficient (Wildman–Crippen LogP) is 7.57. The Labute approximate surface area is 155 Å². The van der Waals surface area contributed by atoms with Crippen molar-refractivity contribution in [1.29, 1.82) is 0 Å². The molecule has 154 valence electrons. The van der Waals surface area contributed by atoms with Gasteiger partial charge in [-0.15, -0.1) is 0 Å². The monoisotopic (exact) mass is 430 g/mol. The molecule has 0 amide bonds. The molecule has 2 rings (SSSR count). The second-order valence-electron chi connectivity index (χ2n) is 7.47. The zero-order chi connectivity index (χ0) is 19.6. The molecule has 0 saturated heterocycles. The second kappa shape index (κ2) is 8.25. The molecule has 0 nitrogen and oxygen atoms in total. The van der Waals surface area contributed by atoms with Gasteiger partial charge in [0, 0.05) is 9.49 Å². The molecular formula is C16H22F8S2. The number of alkyl halides is 8. The maximum Gasteiger partial charge on any atom is 0.390 e. The van der Waals surface area contributed by atoms with Gasteiger partial charge >= 0.3 is 12.4 Å². The molecular weight excluding hydrogens is 408 g/mol. The smallest absolute Gasteiger partial charge is 0.247 e. The Hall–Kier alpha value is 0.140. The van der Waals surface area contributed by atoms with Crippen LogP contribution in [-0.4, -0.2) is 34.2 Å². The van der Waals surface area contributed by atoms with Crippen LogP contribution in [0.15, 0.2) is 0 Å². The highest BCUT2D eigenvalue weighted by Crippen LogP contribution is 2.59. The van der Waals surface area contributed by atoms with Gasteiger partial charge in [-0.25, -0.2) is 8.78 Å². The average molecular weight is 430 g/mol. The van der Waals surface area contributed by atoms with Gasteiger partial charge in [-0.05, 0) is 51.4 Å². The first-order valence-corrected chi connectivity index (χ1v) is 10.8. The topological polar surface area (TPSA) is 0 Å². The third kappa shape index (κ3) is 6.95. The first-order chi connectivity index (χ1) is 11.8. The van der Waals surface area contributed by atoms with Crippen LogP contribution in [-0.2, 0) is 0 Å². The summed E-state index contributed by atoms with van der Waals surface area (Å²) in [4.78, 5) is 0. The van der Waals surface area contributed by atoms with E-state index in [4.69, 9.17) is 0 Å². The van der Waals surface area contributed by atoms with E-state index < -0.39 is 47.0 Å². The van der Waals surface area contributed by atoms with Crippen LogP contribution in [0.5, 0.6) is 0 Å². The van der Waals surface area contributed by atoms with Gasteiger partial charge in [-0.2, -0.15) is 26.3 Å². The highest BCUT2D eigenvalue weighted by atomic mass is 33.1. The van der Waals surface area contributed by atoms with E-state index in [9.17, 15) is 35.1 Å². The van der Waals surface area contributed by atoms with Gasteiger partial charge in [-0.3, -0.25) is 0 Å². The number of hydrogen-bond acceptors (Lipinski definition) is 2. The predicted molar refractivity (Wildman–Crippen MR) is 88.7 cm³/mol. The molecule has 0 bridgehead atoms. The van der Waals surface area contributed by atoms with E-state index in [0.29, 0.717) is 0 Å². The molecule has 0 spiro atoms. The van der Waals surface area contributed by atoms with Gasteiger partial charge in [0.2, 0.25) is 0 Å². The van der Waals surface area contributed by atoms with E-state index in [1.807, 2.05) is 0 Å². The SMILES string of the molecule is FC1CCC(CC(F)(F)F)(SSC2(CC(F)(F)F)CCC(F)CC2)CC1. The normalized spacial score (nSPS) is 36.9. The molecule has 2 fully saturated rings. The highest BCUT2D eigenvalue weighted by molar-refractivity contribution is 8.77. The van der Waals surface area contributed by atoms with Gasteiger partial charge in [0.05, 0.1) is 12.8 Å². The lowest BCUT2D eigenvalue weighted by molar-refractivity contribution is -0.144. The minimum atomic E-state index is -4.47. The Balaban J connectivity index is 2.12. The van der Waals surface area contributed by atoms with Crippen molar-refractivity contribution in [2.45, 2.75) is 98.4 Å². The first-order valence-electron chi connectivity index (χ1n) is 8.61. The molecule has 2 saturated carbocycles. The molecule has 26 heavy (non-hydrogen) atoms. The summed E-state index contributed by atoms with van der Waals surface area (Å²) in [6, 6.07) is 0. The van der Waals surface area contributed by atoms with Gasteiger partial charge < -0.3 is 0 Å². The molecule has 0 radical (unpaired) electrons. The lowest BCUT2D eigenvalue weighted by Gasteiger charge is -2.43. The van der Waals surface area contributed by atoms with Crippen molar-refractivity contribution in [3.8, 4) is 0 Å². The van der Waals surface area contributed by atoms with Crippen molar-refractivity contribution in [1.82, 2.24) is 0 Å². The summed E-state index contributed by atoms with van der Waals surface area (Å²) in [5.41, 5.74) is 0. The largest absolute Gasteiger partial charge is 0.390 e. The molecule has 0 unspecified atom stereocenters. The second-order valence-corrected chi connectivity index (χ2v) is 10.5. The van der Waals surface area contributed by atoms with Crippen LogP contribution in [0.4, 0.5) is 35.1 Å². The lowest BCUT2D eigenvalue weighted by Crippen LogP contribution is -2.39. The number of halogens is 8. The molecule has 0 aliphatic heterocycles. The molecule has 2 aliphatic rings. The molecule has 0 aromatic heterocycles. The molecule has 2 aliphatic carbocycles. The minimum Gasteiger partial charge on any atom is -0.247 e. The van der Waals surface area contributed by atoms with Crippen LogP contribution in [0.2, 0.25) is 0 Å². The van der Waals surface area contributed by atoms with E-state index in [1.165, 1.54) is 0 Å². The van der Waals surface area contributed by atoms with Gasteiger partial charge in [0.25, 0.3) is 0 Å². The summed E-state index contributed by atoms with van der Waals surface area (Å²) in [6.45, 7) is 0. The molecule has 0 atom stereocenters. The first kappa shape index (κ1) is 22.4. The van der Waals surface area contributed by atoms with Crippen LogP contribution in [0.3, 0.4) is 0 Å². The summed E-state index contributed by atoms with van der Waals surface area (Å²) in [6.07, 6.45) is -13.6.